The van der Waals surface area contributed by atoms with Gasteiger partial charge in [-0.3, -0.25) is 9.59 Å². The first-order valence-corrected chi connectivity index (χ1v) is 11.9. The summed E-state index contributed by atoms with van der Waals surface area (Å²) in [5.41, 5.74) is 1.83. The lowest BCUT2D eigenvalue weighted by molar-refractivity contribution is -0.134. The van der Waals surface area contributed by atoms with Crippen LogP contribution in [0.25, 0.3) is 0 Å². The number of hydrogen-bond acceptors (Lipinski definition) is 2. The molecule has 156 valence electrons. The first kappa shape index (κ1) is 20.0. The fourth-order valence-corrected chi connectivity index (χ4v) is 5.94. The zero-order chi connectivity index (χ0) is 19.4. The third kappa shape index (κ3) is 4.80. The van der Waals surface area contributed by atoms with Gasteiger partial charge in [0.15, 0.2) is 0 Å². The fourth-order valence-electron chi connectivity index (χ4n) is 5.94. The zero-order valence-corrected chi connectivity index (χ0v) is 17.6. The van der Waals surface area contributed by atoms with Gasteiger partial charge in [0.25, 0.3) is 0 Å². The van der Waals surface area contributed by atoms with Crippen molar-refractivity contribution < 1.29 is 9.59 Å². The van der Waals surface area contributed by atoms with Crippen LogP contribution in [0, 0.1) is 11.3 Å². The predicted molar refractivity (Wildman–Crippen MR) is 112 cm³/mol. The number of hydrogen-bond donors (Lipinski definition) is 0. The molecule has 1 spiro atoms. The molecule has 4 nitrogen and oxygen atoms in total. The van der Waals surface area contributed by atoms with Gasteiger partial charge >= 0.3 is 0 Å². The first-order chi connectivity index (χ1) is 13.6. The summed E-state index contributed by atoms with van der Waals surface area (Å²) in [6.07, 6.45) is 18.2. The van der Waals surface area contributed by atoms with Gasteiger partial charge in [0.2, 0.25) is 11.8 Å². The third-order valence-electron chi connectivity index (χ3n) is 8.03. The Balaban J connectivity index is 1.20. The quantitative estimate of drug-likeness (QED) is 0.658. The van der Waals surface area contributed by atoms with E-state index >= 15 is 0 Å². The van der Waals surface area contributed by atoms with Gasteiger partial charge in [-0.1, -0.05) is 11.6 Å². The van der Waals surface area contributed by atoms with E-state index in [2.05, 4.69) is 15.9 Å². The molecule has 28 heavy (non-hydrogen) atoms. The smallest absolute Gasteiger partial charge is 0.226 e. The maximum atomic E-state index is 12.7. The standard InChI is InChI=1S/C24H38N2O2/c27-22(25-14-4-5-15-25)19-21-8-10-24(11-9-21)12-16-26(17-13-24)23(28)18-20-6-2-1-3-7-20/h6,21H,1-5,7-19H2. The zero-order valence-electron chi connectivity index (χ0n) is 17.6. The van der Waals surface area contributed by atoms with Crippen molar-refractivity contribution in [2.45, 2.75) is 89.9 Å². The Labute approximate surface area is 170 Å². The summed E-state index contributed by atoms with van der Waals surface area (Å²) < 4.78 is 0. The minimum atomic E-state index is 0.355. The van der Waals surface area contributed by atoms with Crippen LogP contribution in [0.2, 0.25) is 0 Å². The molecular formula is C24H38N2O2. The highest BCUT2D eigenvalue weighted by Gasteiger charge is 2.39. The summed E-state index contributed by atoms with van der Waals surface area (Å²) >= 11 is 0. The van der Waals surface area contributed by atoms with Gasteiger partial charge < -0.3 is 9.80 Å². The normalized spacial score (nSPS) is 25.8. The molecule has 4 heteroatoms. The van der Waals surface area contributed by atoms with E-state index < -0.39 is 0 Å². The van der Waals surface area contributed by atoms with E-state index in [9.17, 15) is 9.59 Å². The van der Waals surface area contributed by atoms with E-state index in [1.165, 1.54) is 69.8 Å². The summed E-state index contributed by atoms with van der Waals surface area (Å²) in [5, 5.41) is 0. The molecule has 0 N–H and O–H groups in total. The molecule has 0 aromatic heterocycles. The molecule has 4 rings (SSSR count). The number of carbonyl (C=O) groups excluding carboxylic acids is 2. The fraction of sp³-hybridized carbons (Fsp3) is 0.833. The van der Waals surface area contributed by atoms with Gasteiger partial charge in [0.1, 0.15) is 0 Å². The summed E-state index contributed by atoms with van der Waals surface area (Å²) in [6.45, 7) is 3.86. The Bertz CT molecular complexity index is 588. The van der Waals surface area contributed by atoms with Gasteiger partial charge in [0.05, 0.1) is 0 Å². The second-order valence-corrected chi connectivity index (χ2v) is 9.90. The Morgan fingerprint density at radius 3 is 2.18 bits per heavy atom. The van der Waals surface area contributed by atoms with Crippen LogP contribution >= 0.6 is 0 Å². The van der Waals surface area contributed by atoms with Crippen LogP contribution in [-0.4, -0.2) is 47.8 Å². The Morgan fingerprint density at radius 1 is 0.857 bits per heavy atom. The number of carbonyl (C=O) groups is 2. The molecule has 3 fully saturated rings. The molecular weight excluding hydrogens is 348 g/mol. The van der Waals surface area contributed by atoms with Crippen LogP contribution < -0.4 is 0 Å². The van der Waals surface area contributed by atoms with E-state index in [4.69, 9.17) is 0 Å². The summed E-state index contributed by atoms with van der Waals surface area (Å²) in [4.78, 5) is 29.3. The van der Waals surface area contributed by atoms with Crippen LogP contribution in [0.5, 0.6) is 0 Å². The van der Waals surface area contributed by atoms with Crippen LogP contribution in [0.15, 0.2) is 11.6 Å². The molecule has 2 aliphatic carbocycles. The van der Waals surface area contributed by atoms with Crippen molar-refractivity contribution in [2.75, 3.05) is 26.2 Å². The molecule has 0 bridgehead atoms. The highest BCUT2D eigenvalue weighted by molar-refractivity contribution is 5.79. The molecule has 2 heterocycles. The number of piperidine rings is 1. The SMILES string of the molecule is O=C(CC1=CCCCC1)N1CCC2(CCC(CC(=O)N3CCCC3)CC2)CC1. The van der Waals surface area contributed by atoms with Crippen molar-refractivity contribution in [1.82, 2.24) is 9.80 Å². The third-order valence-corrected chi connectivity index (χ3v) is 8.03. The molecule has 1 saturated carbocycles. The van der Waals surface area contributed by atoms with Crippen molar-refractivity contribution >= 4 is 11.8 Å². The van der Waals surface area contributed by atoms with E-state index in [-0.39, 0.29) is 0 Å². The van der Waals surface area contributed by atoms with Crippen LogP contribution in [-0.2, 0) is 9.59 Å². The molecule has 0 aromatic rings. The molecule has 2 aliphatic heterocycles. The molecule has 4 aliphatic rings. The molecule has 0 atom stereocenters. The van der Waals surface area contributed by atoms with E-state index in [0.29, 0.717) is 29.6 Å². The monoisotopic (exact) mass is 386 g/mol. The second kappa shape index (κ2) is 9.00. The van der Waals surface area contributed by atoms with Crippen molar-refractivity contribution in [1.29, 1.82) is 0 Å². The Hall–Kier alpha value is -1.32. The average molecular weight is 387 g/mol. The number of nitrogens with zero attached hydrogens (tertiary/aromatic N) is 2. The molecule has 2 saturated heterocycles. The molecule has 0 aromatic carbocycles. The van der Waals surface area contributed by atoms with Crippen LogP contribution in [0.3, 0.4) is 0 Å². The Kier molecular flexibility index (Phi) is 6.42. The predicted octanol–water partition coefficient (Wildman–Crippen LogP) is 4.69. The van der Waals surface area contributed by atoms with Gasteiger partial charge in [-0.25, -0.2) is 0 Å². The van der Waals surface area contributed by atoms with E-state index in [1.54, 1.807) is 0 Å². The number of allylic oxidation sites excluding steroid dienone is 1. The number of likely N-dealkylation sites (tertiary alicyclic amines) is 2. The van der Waals surface area contributed by atoms with Gasteiger partial charge in [-0.2, -0.15) is 0 Å². The molecule has 2 amide bonds. The van der Waals surface area contributed by atoms with Gasteiger partial charge in [-0.15, -0.1) is 0 Å². The lowest BCUT2D eigenvalue weighted by Crippen LogP contribution is -2.44. The minimum Gasteiger partial charge on any atom is -0.343 e. The summed E-state index contributed by atoms with van der Waals surface area (Å²) in [6, 6.07) is 0. The Morgan fingerprint density at radius 2 is 1.54 bits per heavy atom. The van der Waals surface area contributed by atoms with Crippen LogP contribution in [0.1, 0.15) is 89.9 Å². The summed E-state index contributed by atoms with van der Waals surface area (Å²) in [5.74, 6) is 1.35. The summed E-state index contributed by atoms with van der Waals surface area (Å²) in [7, 11) is 0. The molecule has 0 unspecified atom stereocenters. The largest absolute Gasteiger partial charge is 0.343 e. The number of amides is 2. The van der Waals surface area contributed by atoms with Crippen molar-refractivity contribution in [3.63, 3.8) is 0 Å². The van der Waals surface area contributed by atoms with E-state index in [0.717, 1.165) is 45.4 Å². The average Bonchev–Trinajstić information content (AvgIpc) is 3.26. The lowest BCUT2D eigenvalue weighted by atomic mass is 9.65. The highest BCUT2D eigenvalue weighted by Crippen LogP contribution is 2.47. The van der Waals surface area contributed by atoms with Gasteiger partial charge in [0, 0.05) is 39.0 Å². The maximum Gasteiger partial charge on any atom is 0.226 e. The first-order valence-electron chi connectivity index (χ1n) is 11.9. The van der Waals surface area contributed by atoms with E-state index in [1.807, 2.05) is 0 Å². The minimum absolute atomic E-state index is 0.355. The second-order valence-electron chi connectivity index (χ2n) is 9.90. The highest BCUT2D eigenvalue weighted by atomic mass is 16.2. The number of rotatable bonds is 4. The topological polar surface area (TPSA) is 40.6 Å². The van der Waals surface area contributed by atoms with Gasteiger partial charge in [-0.05, 0) is 88.4 Å². The maximum absolute atomic E-state index is 12.7. The molecule has 0 radical (unpaired) electrons. The van der Waals surface area contributed by atoms with Crippen LogP contribution in [0.4, 0.5) is 0 Å². The lowest BCUT2D eigenvalue weighted by Gasteiger charge is -2.46. The van der Waals surface area contributed by atoms with Crippen molar-refractivity contribution in [3.05, 3.63) is 11.6 Å². The van der Waals surface area contributed by atoms with Crippen molar-refractivity contribution in [3.8, 4) is 0 Å². The van der Waals surface area contributed by atoms with Crippen molar-refractivity contribution in [2.24, 2.45) is 11.3 Å².